The third-order valence-electron chi connectivity index (χ3n) is 1.94. The number of carbonyl (C=O) groups is 1. The van der Waals surface area contributed by atoms with E-state index in [0.717, 1.165) is 6.07 Å². The van der Waals surface area contributed by atoms with Crippen LogP contribution in [0.3, 0.4) is 0 Å². The molecule has 0 radical (unpaired) electrons. The van der Waals surface area contributed by atoms with E-state index in [1.54, 1.807) is 0 Å². The summed E-state index contributed by atoms with van der Waals surface area (Å²) in [5.41, 5.74) is 0.432. The maximum Gasteiger partial charge on any atom is 0.235 e. The Bertz CT molecular complexity index is 387. The smallest absolute Gasteiger partial charge is 0.235 e. The third kappa shape index (κ3) is 3.63. The van der Waals surface area contributed by atoms with Crippen molar-refractivity contribution in [2.24, 2.45) is 0 Å². The molecule has 16 heavy (non-hydrogen) atoms. The number of amides is 1. The second-order valence-electron chi connectivity index (χ2n) is 3.13. The quantitative estimate of drug-likeness (QED) is 0.817. The summed E-state index contributed by atoms with van der Waals surface area (Å²) in [6, 6.07) is 3.87. The van der Waals surface area contributed by atoms with Crippen molar-refractivity contribution in [2.45, 2.75) is 6.10 Å². The molecule has 0 aromatic heterocycles. The van der Waals surface area contributed by atoms with Crippen molar-refractivity contribution in [1.82, 2.24) is 5.32 Å². The number of nitrogens with one attached hydrogen (secondary N) is 1. The van der Waals surface area contributed by atoms with Gasteiger partial charge in [0.05, 0.1) is 11.1 Å². The van der Waals surface area contributed by atoms with Crippen molar-refractivity contribution in [2.75, 3.05) is 12.4 Å². The van der Waals surface area contributed by atoms with Crippen LogP contribution in [0.5, 0.6) is 0 Å². The number of carbonyl (C=O) groups excluding carboxylic acids is 1. The van der Waals surface area contributed by atoms with Gasteiger partial charge in [-0.3, -0.25) is 4.79 Å². The van der Waals surface area contributed by atoms with Crippen LogP contribution >= 0.6 is 23.2 Å². The number of aliphatic hydroxyl groups excluding tert-OH is 1. The van der Waals surface area contributed by atoms with Gasteiger partial charge in [0.25, 0.3) is 0 Å². The van der Waals surface area contributed by atoms with Gasteiger partial charge in [-0.2, -0.15) is 0 Å². The molecule has 0 aliphatic heterocycles. The van der Waals surface area contributed by atoms with Gasteiger partial charge in [0, 0.05) is 6.54 Å². The van der Waals surface area contributed by atoms with Gasteiger partial charge < -0.3 is 10.4 Å². The van der Waals surface area contributed by atoms with Gasteiger partial charge in [0.15, 0.2) is 0 Å². The third-order valence-corrected chi connectivity index (χ3v) is 2.47. The van der Waals surface area contributed by atoms with Gasteiger partial charge in [-0.15, -0.1) is 11.6 Å². The molecule has 0 spiro atoms. The normalized spacial score (nSPS) is 12.2. The molecule has 1 atom stereocenters. The Hall–Kier alpha value is -0.840. The molecule has 1 amide bonds. The molecule has 0 aliphatic rings. The van der Waals surface area contributed by atoms with Crippen LogP contribution in [0.4, 0.5) is 4.39 Å². The fraction of sp³-hybridized carbons (Fsp3) is 0.300. The van der Waals surface area contributed by atoms with E-state index in [9.17, 15) is 14.3 Å². The van der Waals surface area contributed by atoms with Crippen LogP contribution in [-0.4, -0.2) is 23.4 Å². The van der Waals surface area contributed by atoms with E-state index in [4.69, 9.17) is 23.2 Å². The van der Waals surface area contributed by atoms with Crippen molar-refractivity contribution < 1.29 is 14.3 Å². The van der Waals surface area contributed by atoms with Gasteiger partial charge in [-0.1, -0.05) is 17.7 Å². The summed E-state index contributed by atoms with van der Waals surface area (Å²) >= 11 is 10.8. The lowest BCUT2D eigenvalue weighted by Crippen LogP contribution is -2.29. The zero-order valence-corrected chi connectivity index (χ0v) is 9.72. The average Bonchev–Trinajstić information content (AvgIpc) is 2.29. The fourth-order valence-corrected chi connectivity index (χ4v) is 1.38. The second kappa shape index (κ2) is 6.03. The Morgan fingerprint density at radius 1 is 1.56 bits per heavy atom. The molecular weight excluding hydrogens is 256 g/mol. The van der Waals surface area contributed by atoms with Crippen molar-refractivity contribution in [3.8, 4) is 0 Å². The molecule has 1 unspecified atom stereocenters. The van der Waals surface area contributed by atoms with Crippen LogP contribution in [-0.2, 0) is 4.79 Å². The average molecular weight is 266 g/mol. The molecule has 0 fully saturated rings. The summed E-state index contributed by atoms with van der Waals surface area (Å²) in [7, 11) is 0. The monoisotopic (exact) mass is 265 g/mol. The van der Waals surface area contributed by atoms with E-state index in [-0.39, 0.29) is 23.4 Å². The van der Waals surface area contributed by atoms with Gasteiger partial charge >= 0.3 is 0 Å². The maximum atomic E-state index is 12.8. The van der Waals surface area contributed by atoms with E-state index in [1.807, 2.05) is 0 Å². The first-order valence-electron chi connectivity index (χ1n) is 4.50. The van der Waals surface area contributed by atoms with Gasteiger partial charge in [0.1, 0.15) is 11.7 Å². The highest BCUT2D eigenvalue weighted by Crippen LogP contribution is 2.20. The Balaban J connectivity index is 2.62. The van der Waals surface area contributed by atoms with E-state index >= 15 is 0 Å². The van der Waals surface area contributed by atoms with Crippen LogP contribution < -0.4 is 5.32 Å². The van der Waals surface area contributed by atoms with Crippen LogP contribution in [0.2, 0.25) is 5.02 Å². The van der Waals surface area contributed by atoms with Crippen molar-refractivity contribution in [3.63, 3.8) is 0 Å². The Morgan fingerprint density at radius 2 is 2.25 bits per heavy atom. The lowest BCUT2D eigenvalue weighted by molar-refractivity contribution is -0.119. The molecule has 0 saturated carbocycles. The summed E-state index contributed by atoms with van der Waals surface area (Å²) in [4.78, 5) is 10.8. The molecule has 1 aromatic rings. The van der Waals surface area contributed by atoms with Crippen LogP contribution in [0.15, 0.2) is 18.2 Å². The lowest BCUT2D eigenvalue weighted by atomic mass is 10.1. The van der Waals surface area contributed by atoms with Crippen LogP contribution in [0.1, 0.15) is 11.7 Å². The van der Waals surface area contributed by atoms with E-state index in [2.05, 4.69) is 5.32 Å². The van der Waals surface area contributed by atoms with E-state index in [0.29, 0.717) is 5.56 Å². The number of rotatable bonds is 4. The standard InChI is InChI=1S/C10H10Cl2FNO2/c11-4-10(16)14-5-9(15)6-1-2-8(13)7(12)3-6/h1-3,9,15H,4-5H2,(H,14,16). The highest BCUT2D eigenvalue weighted by atomic mass is 35.5. The molecule has 0 saturated heterocycles. The lowest BCUT2D eigenvalue weighted by Gasteiger charge is -2.12. The summed E-state index contributed by atoms with van der Waals surface area (Å²) < 4.78 is 12.8. The fourth-order valence-electron chi connectivity index (χ4n) is 1.10. The highest BCUT2D eigenvalue weighted by molar-refractivity contribution is 6.30. The largest absolute Gasteiger partial charge is 0.387 e. The molecule has 3 nitrogen and oxygen atoms in total. The first kappa shape index (κ1) is 13.2. The van der Waals surface area contributed by atoms with Gasteiger partial charge in [-0.25, -0.2) is 4.39 Å². The number of alkyl halides is 1. The highest BCUT2D eigenvalue weighted by Gasteiger charge is 2.11. The maximum absolute atomic E-state index is 12.8. The van der Waals surface area contributed by atoms with Gasteiger partial charge in [0.2, 0.25) is 5.91 Å². The van der Waals surface area contributed by atoms with E-state index < -0.39 is 11.9 Å². The summed E-state index contributed by atoms with van der Waals surface area (Å²) in [6.45, 7) is 0.00745. The van der Waals surface area contributed by atoms with Crippen molar-refractivity contribution in [1.29, 1.82) is 0 Å². The molecule has 88 valence electrons. The van der Waals surface area contributed by atoms with Gasteiger partial charge in [-0.05, 0) is 17.7 Å². The van der Waals surface area contributed by atoms with Crippen LogP contribution in [0.25, 0.3) is 0 Å². The number of hydrogen-bond acceptors (Lipinski definition) is 2. The molecule has 6 heteroatoms. The molecule has 0 bridgehead atoms. The molecule has 1 rings (SSSR count). The number of aliphatic hydroxyl groups is 1. The first-order chi connectivity index (χ1) is 7.54. The Labute approximate surface area is 102 Å². The predicted octanol–water partition coefficient (Wildman–Crippen LogP) is 1.87. The topological polar surface area (TPSA) is 49.3 Å². The molecule has 0 aliphatic carbocycles. The minimum Gasteiger partial charge on any atom is -0.387 e. The van der Waals surface area contributed by atoms with E-state index in [1.165, 1.54) is 12.1 Å². The molecule has 0 heterocycles. The van der Waals surface area contributed by atoms with Crippen molar-refractivity contribution >= 4 is 29.1 Å². The summed E-state index contributed by atoms with van der Waals surface area (Å²) in [5.74, 6) is -1.10. The zero-order chi connectivity index (χ0) is 12.1. The predicted molar refractivity (Wildman–Crippen MR) is 60.1 cm³/mol. The van der Waals surface area contributed by atoms with Crippen molar-refractivity contribution in [3.05, 3.63) is 34.6 Å². The number of halogens is 3. The Morgan fingerprint density at radius 3 is 2.81 bits per heavy atom. The SMILES string of the molecule is O=C(CCl)NCC(O)c1ccc(F)c(Cl)c1. The summed E-state index contributed by atoms with van der Waals surface area (Å²) in [6.07, 6.45) is -0.940. The summed E-state index contributed by atoms with van der Waals surface area (Å²) in [5, 5.41) is 12.0. The Kier molecular flexibility index (Phi) is 4.99. The van der Waals surface area contributed by atoms with Crippen LogP contribution in [0, 0.1) is 5.82 Å². The number of hydrogen-bond donors (Lipinski definition) is 2. The second-order valence-corrected chi connectivity index (χ2v) is 3.80. The minimum absolute atomic E-state index is 0.00745. The minimum atomic E-state index is -0.940. The first-order valence-corrected chi connectivity index (χ1v) is 5.41. The molecule has 1 aromatic carbocycles. The molecule has 2 N–H and O–H groups in total. The zero-order valence-electron chi connectivity index (χ0n) is 8.21. The number of benzene rings is 1. The molecular formula is C10H10Cl2FNO2.